The molecule has 0 atom stereocenters. The van der Waals surface area contributed by atoms with Crippen molar-refractivity contribution >= 4 is 33.0 Å². The zero-order chi connectivity index (χ0) is 9.59. The molecule has 11 heavy (non-hydrogen) atoms. The van der Waals surface area contributed by atoms with E-state index in [1.54, 1.807) is 0 Å². The van der Waals surface area contributed by atoms with Gasteiger partial charge < -0.3 is 0 Å². The van der Waals surface area contributed by atoms with Crippen molar-refractivity contribution in [3.63, 3.8) is 0 Å². The van der Waals surface area contributed by atoms with E-state index in [0.717, 1.165) is 0 Å². The smallest absolute Gasteiger partial charge is 0.156 e. The summed E-state index contributed by atoms with van der Waals surface area (Å²) < 4.78 is 16.8. The monoisotopic (exact) mass is 233 g/mol. The Balaban J connectivity index is 3.03. The van der Waals surface area contributed by atoms with Crippen molar-refractivity contribution in [3.8, 4) is 0 Å². The Morgan fingerprint density at radius 2 is 2.55 bits per heavy atom. The largest absolute Gasteiger partial charge is 0.235 e. The van der Waals surface area contributed by atoms with E-state index in [4.69, 9.17) is 14.3 Å². The van der Waals surface area contributed by atoms with E-state index in [1.165, 1.54) is 10.8 Å². The second-order valence-electron chi connectivity index (χ2n) is 1.86. The van der Waals surface area contributed by atoms with Crippen molar-refractivity contribution in [2.45, 2.75) is 0 Å². The Bertz CT molecular complexity index is 484. The summed E-state index contributed by atoms with van der Waals surface area (Å²) in [4.78, 5) is 3.73. The van der Waals surface area contributed by atoms with Crippen LogP contribution in [-0.2, 0) is 0 Å². The Morgan fingerprint density at radius 1 is 1.73 bits per heavy atom. The van der Waals surface area contributed by atoms with Crippen LogP contribution in [0.1, 0.15) is 2.74 Å². The van der Waals surface area contributed by atoms with Crippen LogP contribution < -0.4 is 0 Å². The summed E-state index contributed by atoms with van der Waals surface area (Å²) in [7, 11) is 0. The fraction of sp³-hybridized carbons (Fsp3) is 0. The molecular weight excluding hydrogens is 229 g/mol. The molecule has 56 valence electrons. The van der Waals surface area contributed by atoms with E-state index in [1.807, 2.05) is 0 Å². The van der Waals surface area contributed by atoms with E-state index in [0.29, 0.717) is 9.99 Å². The van der Waals surface area contributed by atoms with Gasteiger partial charge in [-0.3, -0.25) is 0 Å². The van der Waals surface area contributed by atoms with Gasteiger partial charge in [0.25, 0.3) is 0 Å². The maximum Gasteiger partial charge on any atom is 0.156 e. The molecule has 0 radical (unpaired) electrons. The van der Waals surface area contributed by atoms with Gasteiger partial charge in [0.2, 0.25) is 0 Å². The van der Waals surface area contributed by atoms with Gasteiger partial charge >= 0.3 is 0 Å². The van der Waals surface area contributed by atoms with E-state index in [2.05, 4.69) is 26.0 Å². The second kappa shape index (κ2) is 2.46. The SMILES string of the molecule is [2H]c1c(Br)c([2H])n2ncnc(Cl)c12. The number of hydrogen-bond donors (Lipinski definition) is 0. The van der Waals surface area contributed by atoms with Crippen LogP contribution in [0.2, 0.25) is 5.15 Å². The van der Waals surface area contributed by atoms with E-state index >= 15 is 0 Å². The van der Waals surface area contributed by atoms with Crippen LogP contribution >= 0.6 is 27.5 Å². The molecule has 0 saturated heterocycles. The fourth-order valence-electron chi connectivity index (χ4n) is 0.749. The van der Waals surface area contributed by atoms with Gasteiger partial charge in [0, 0.05) is 10.6 Å². The van der Waals surface area contributed by atoms with Crippen LogP contribution in [0.15, 0.2) is 23.0 Å². The molecule has 0 aromatic carbocycles. The van der Waals surface area contributed by atoms with Gasteiger partial charge in [-0.2, -0.15) is 5.10 Å². The number of fused-ring (bicyclic) bond motifs is 1. The Kier molecular flexibility index (Phi) is 1.14. The molecule has 2 aromatic heterocycles. The lowest BCUT2D eigenvalue weighted by atomic mass is 10.5. The number of aromatic nitrogens is 3. The van der Waals surface area contributed by atoms with Crippen molar-refractivity contribution in [3.05, 3.63) is 28.2 Å². The van der Waals surface area contributed by atoms with Gasteiger partial charge in [-0.25, -0.2) is 9.50 Å². The van der Waals surface area contributed by atoms with Crippen LogP contribution in [0.3, 0.4) is 0 Å². The van der Waals surface area contributed by atoms with Crippen LogP contribution in [0, 0.1) is 0 Å². The van der Waals surface area contributed by atoms with Crippen molar-refractivity contribution < 1.29 is 2.74 Å². The van der Waals surface area contributed by atoms with Crippen molar-refractivity contribution in [2.75, 3.05) is 0 Å². The molecule has 0 unspecified atom stereocenters. The first-order chi connectivity index (χ1) is 6.13. The molecule has 3 nitrogen and oxygen atoms in total. The summed E-state index contributed by atoms with van der Waals surface area (Å²) in [5.74, 6) is 0. The average Bonchev–Trinajstić information content (AvgIpc) is 2.33. The average molecular weight is 234 g/mol. The van der Waals surface area contributed by atoms with Gasteiger partial charge in [0.1, 0.15) is 11.8 Å². The van der Waals surface area contributed by atoms with Gasteiger partial charge in [-0.15, -0.1) is 0 Å². The summed E-state index contributed by atoms with van der Waals surface area (Å²) in [5.41, 5.74) is 0.348. The first-order valence-corrected chi connectivity index (χ1v) is 3.94. The molecule has 0 amide bonds. The maximum atomic E-state index is 7.60. The van der Waals surface area contributed by atoms with Crippen LogP contribution in [0.25, 0.3) is 5.52 Å². The zero-order valence-corrected chi connectivity index (χ0v) is 7.52. The highest BCUT2D eigenvalue weighted by Gasteiger charge is 2.01. The third-order valence-corrected chi connectivity index (χ3v) is 1.83. The highest BCUT2D eigenvalue weighted by atomic mass is 79.9. The fourth-order valence-corrected chi connectivity index (χ4v) is 1.28. The normalized spacial score (nSPS) is 13.3. The summed E-state index contributed by atoms with van der Waals surface area (Å²) >= 11 is 8.86. The van der Waals surface area contributed by atoms with E-state index in [9.17, 15) is 0 Å². The minimum Gasteiger partial charge on any atom is -0.235 e. The molecule has 0 saturated carbocycles. The Labute approximate surface area is 78.9 Å². The summed E-state index contributed by atoms with van der Waals surface area (Å²) in [6.07, 6.45) is 1.35. The molecule has 0 fully saturated rings. The first-order valence-electron chi connectivity index (χ1n) is 3.77. The second-order valence-corrected chi connectivity index (χ2v) is 3.01. The third kappa shape index (κ3) is 1.12. The molecule has 5 heteroatoms. The lowest BCUT2D eigenvalue weighted by Gasteiger charge is -1.91. The maximum absolute atomic E-state index is 7.60. The molecule has 0 bridgehead atoms. The minimum absolute atomic E-state index is 0.101. The van der Waals surface area contributed by atoms with Crippen molar-refractivity contribution in [2.24, 2.45) is 0 Å². The predicted octanol–water partition coefficient (Wildman–Crippen LogP) is 2.15. The quantitative estimate of drug-likeness (QED) is 0.699. The molecular formula is C6H3BrClN3. The van der Waals surface area contributed by atoms with Gasteiger partial charge in [0.05, 0.1) is 2.74 Å². The molecule has 0 spiro atoms. The molecule has 2 heterocycles. The molecule has 0 aliphatic carbocycles. The highest BCUT2D eigenvalue weighted by molar-refractivity contribution is 9.10. The standard InChI is InChI=1S/C6H3BrClN3/c7-4-1-5-6(8)9-3-10-11(5)2-4/h1-3H/i1D,2D. The summed E-state index contributed by atoms with van der Waals surface area (Å²) in [6.45, 7) is 0. The van der Waals surface area contributed by atoms with Crippen molar-refractivity contribution in [1.82, 2.24) is 14.6 Å². The third-order valence-electron chi connectivity index (χ3n) is 1.18. The highest BCUT2D eigenvalue weighted by Crippen LogP contribution is 2.19. The van der Waals surface area contributed by atoms with Crippen LogP contribution in [-0.4, -0.2) is 14.6 Å². The Hall–Kier alpha value is -0.610. The predicted molar refractivity (Wildman–Crippen MR) is 45.7 cm³/mol. The molecule has 2 rings (SSSR count). The number of nitrogens with zero attached hydrogens (tertiary/aromatic N) is 3. The zero-order valence-electron chi connectivity index (χ0n) is 7.17. The minimum atomic E-state index is 0.101. The molecule has 2 aromatic rings. The van der Waals surface area contributed by atoms with Gasteiger partial charge in [0.15, 0.2) is 5.15 Å². The topological polar surface area (TPSA) is 30.2 Å². The lowest BCUT2D eigenvalue weighted by Crippen LogP contribution is -1.90. The van der Waals surface area contributed by atoms with E-state index < -0.39 is 0 Å². The van der Waals surface area contributed by atoms with Gasteiger partial charge in [-0.1, -0.05) is 11.6 Å². The number of rotatable bonds is 0. The van der Waals surface area contributed by atoms with Gasteiger partial charge in [-0.05, 0) is 22.0 Å². The molecule has 0 N–H and O–H groups in total. The summed E-state index contributed by atoms with van der Waals surface area (Å²) in [5, 5.41) is 3.99. The van der Waals surface area contributed by atoms with E-state index in [-0.39, 0.29) is 17.4 Å². The molecule has 0 aliphatic rings. The van der Waals surface area contributed by atoms with Crippen LogP contribution in [0.5, 0.6) is 0 Å². The Morgan fingerprint density at radius 3 is 3.27 bits per heavy atom. The van der Waals surface area contributed by atoms with Crippen LogP contribution in [0.4, 0.5) is 0 Å². The lowest BCUT2D eigenvalue weighted by molar-refractivity contribution is 0.902. The molecule has 0 aliphatic heterocycles. The number of hydrogen-bond acceptors (Lipinski definition) is 2. The summed E-state index contributed by atoms with van der Waals surface area (Å²) in [6, 6.07) is 0.135. The first kappa shape index (κ1) is 5.11. The number of halogens is 2. The van der Waals surface area contributed by atoms with Crippen molar-refractivity contribution in [1.29, 1.82) is 0 Å².